The molecule has 3 aliphatic heterocycles. The summed E-state index contributed by atoms with van der Waals surface area (Å²) in [5.41, 5.74) is 2.35. The van der Waals surface area contributed by atoms with Crippen LogP contribution in [0, 0.1) is 0 Å². The molecule has 3 aliphatic rings. The molecule has 4 rings (SSSR count). The van der Waals surface area contributed by atoms with E-state index in [9.17, 15) is 9.59 Å². The molecular weight excluding hydrogens is 306 g/mol. The number of benzene rings is 1. The molecule has 2 amide bonds. The highest BCUT2D eigenvalue weighted by Crippen LogP contribution is 2.27. The molecule has 24 heavy (non-hydrogen) atoms. The number of nitrogens with zero attached hydrogens (tertiary/aromatic N) is 2. The summed E-state index contributed by atoms with van der Waals surface area (Å²) in [4.78, 5) is 28.0. The number of hydrogen-bond donors (Lipinski definition) is 1. The molecule has 1 spiro atoms. The van der Waals surface area contributed by atoms with Gasteiger partial charge in [-0.05, 0) is 24.0 Å². The van der Waals surface area contributed by atoms with Crippen LogP contribution >= 0.6 is 0 Å². The van der Waals surface area contributed by atoms with Crippen LogP contribution in [-0.4, -0.2) is 66.5 Å². The van der Waals surface area contributed by atoms with E-state index in [1.807, 2.05) is 4.90 Å². The number of carbonyl (C=O) groups is 2. The second-order valence-corrected chi connectivity index (χ2v) is 7.04. The third kappa shape index (κ3) is 3.03. The third-order valence-electron chi connectivity index (χ3n) is 5.35. The van der Waals surface area contributed by atoms with Crippen molar-refractivity contribution >= 4 is 11.8 Å². The van der Waals surface area contributed by atoms with Gasteiger partial charge >= 0.3 is 0 Å². The van der Waals surface area contributed by atoms with Gasteiger partial charge in [0.2, 0.25) is 11.8 Å². The molecule has 1 aromatic carbocycles. The molecule has 0 saturated carbocycles. The van der Waals surface area contributed by atoms with Gasteiger partial charge in [-0.3, -0.25) is 14.5 Å². The number of likely N-dealkylation sites (tertiary alicyclic amines) is 1. The Morgan fingerprint density at radius 1 is 1.25 bits per heavy atom. The summed E-state index contributed by atoms with van der Waals surface area (Å²) in [6.45, 7) is 4.12. The van der Waals surface area contributed by atoms with E-state index in [-0.39, 0.29) is 24.0 Å². The molecule has 0 aliphatic carbocycles. The molecule has 3 heterocycles. The van der Waals surface area contributed by atoms with Gasteiger partial charge in [-0.15, -0.1) is 0 Å². The Hall–Kier alpha value is -1.92. The van der Waals surface area contributed by atoms with Gasteiger partial charge in [0.1, 0.15) is 12.2 Å². The molecule has 6 nitrogen and oxygen atoms in total. The SMILES string of the molecule is O=C1COC2(CCN(C(=O)CN3CCc4ccccc4C3)C2)CN1. The quantitative estimate of drug-likeness (QED) is 0.840. The maximum Gasteiger partial charge on any atom is 0.246 e. The van der Waals surface area contributed by atoms with E-state index in [2.05, 4.69) is 34.5 Å². The van der Waals surface area contributed by atoms with Crippen molar-refractivity contribution in [3.63, 3.8) is 0 Å². The Balaban J connectivity index is 1.34. The van der Waals surface area contributed by atoms with Gasteiger partial charge in [-0.25, -0.2) is 0 Å². The van der Waals surface area contributed by atoms with Gasteiger partial charge in [-0.2, -0.15) is 0 Å². The molecule has 2 saturated heterocycles. The summed E-state index contributed by atoms with van der Waals surface area (Å²) in [5.74, 6) is 0.0872. The molecule has 1 atom stereocenters. The van der Waals surface area contributed by atoms with Gasteiger partial charge in [0, 0.05) is 26.2 Å². The number of rotatable bonds is 2. The van der Waals surface area contributed by atoms with Crippen LogP contribution in [0.4, 0.5) is 0 Å². The lowest BCUT2D eigenvalue weighted by molar-refractivity contribution is -0.143. The Kier molecular flexibility index (Phi) is 4.02. The van der Waals surface area contributed by atoms with Gasteiger partial charge < -0.3 is 15.0 Å². The molecule has 6 heteroatoms. The van der Waals surface area contributed by atoms with E-state index in [1.165, 1.54) is 11.1 Å². The predicted molar refractivity (Wildman–Crippen MR) is 88.3 cm³/mol. The van der Waals surface area contributed by atoms with Crippen LogP contribution in [0.5, 0.6) is 0 Å². The molecule has 128 valence electrons. The van der Waals surface area contributed by atoms with Gasteiger partial charge in [0.05, 0.1) is 13.1 Å². The van der Waals surface area contributed by atoms with Gasteiger partial charge in [0.15, 0.2) is 0 Å². The van der Waals surface area contributed by atoms with Gasteiger partial charge in [-0.1, -0.05) is 24.3 Å². The van der Waals surface area contributed by atoms with Crippen molar-refractivity contribution in [1.29, 1.82) is 0 Å². The number of morpholine rings is 1. The Morgan fingerprint density at radius 3 is 2.88 bits per heavy atom. The lowest BCUT2D eigenvalue weighted by atomic mass is 10.00. The first kappa shape index (κ1) is 15.6. The van der Waals surface area contributed by atoms with Crippen LogP contribution in [0.3, 0.4) is 0 Å². The zero-order valence-electron chi connectivity index (χ0n) is 13.8. The Morgan fingerprint density at radius 2 is 2.08 bits per heavy atom. The first-order valence-electron chi connectivity index (χ1n) is 8.61. The van der Waals surface area contributed by atoms with E-state index in [1.54, 1.807) is 0 Å². The van der Waals surface area contributed by atoms with Crippen LogP contribution in [0.25, 0.3) is 0 Å². The fraction of sp³-hybridized carbons (Fsp3) is 0.556. The molecule has 2 fully saturated rings. The number of nitrogens with one attached hydrogen (secondary N) is 1. The molecule has 0 radical (unpaired) electrons. The number of fused-ring (bicyclic) bond motifs is 1. The minimum absolute atomic E-state index is 0.0719. The largest absolute Gasteiger partial charge is 0.361 e. The van der Waals surface area contributed by atoms with Crippen LogP contribution in [0.1, 0.15) is 17.5 Å². The smallest absolute Gasteiger partial charge is 0.246 e. The number of carbonyl (C=O) groups excluding carboxylic acids is 2. The van der Waals surface area contributed by atoms with Crippen molar-refractivity contribution in [2.45, 2.75) is 25.0 Å². The van der Waals surface area contributed by atoms with Crippen molar-refractivity contribution in [3.05, 3.63) is 35.4 Å². The lowest BCUT2D eigenvalue weighted by Gasteiger charge is -2.34. The average Bonchev–Trinajstić information content (AvgIpc) is 3.02. The standard InChI is InChI=1S/C18H23N3O3/c22-16-11-24-18(12-19-16)6-8-21(13-18)17(23)10-20-7-5-14-3-1-2-4-15(14)9-20/h1-4H,5-13H2,(H,19,22). The minimum Gasteiger partial charge on any atom is -0.361 e. The summed E-state index contributed by atoms with van der Waals surface area (Å²) in [6.07, 6.45) is 1.80. The topological polar surface area (TPSA) is 61.9 Å². The third-order valence-corrected chi connectivity index (χ3v) is 5.35. The van der Waals surface area contributed by atoms with Crippen molar-refractivity contribution in [2.75, 3.05) is 39.3 Å². The Bertz CT molecular complexity index is 651. The zero-order chi connectivity index (χ0) is 16.6. The fourth-order valence-corrected chi connectivity index (χ4v) is 3.88. The lowest BCUT2D eigenvalue weighted by Crippen LogP contribution is -2.54. The number of hydrogen-bond acceptors (Lipinski definition) is 4. The summed E-state index contributed by atoms with van der Waals surface area (Å²) in [7, 11) is 0. The molecular formula is C18H23N3O3. The van der Waals surface area contributed by atoms with E-state index in [0.29, 0.717) is 26.2 Å². The molecule has 1 unspecified atom stereocenters. The second kappa shape index (κ2) is 6.18. The zero-order valence-corrected chi connectivity index (χ0v) is 13.8. The van der Waals surface area contributed by atoms with Crippen LogP contribution < -0.4 is 5.32 Å². The fourth-order valence-electron chi connectivity index (χ4n) is 3.88. The number of ether oxygens (including phenoxy) is 1. The molecule has 1 aromatic rings. The molecule has 0 bridgehead atoms. The second-order valence-electron chi connectivity index (χ2n) is 7.04. The monoisotopic (exact) mass is 329 g/mol. The number of amides is 2. The highest BCUT2D eigenvalue weighted by Gasteiger charge is 2.43. The average molecular weight is 329 g/mol. The molecule has 1 N–H and O–H groups in total. The van der Waals surface area contributed by atoms with E-state index < -0.39 is 0 Å². The summed E-state index contributed by atoms with van der Waals surface area (Å²) in [6, 6.07) is 8.46. The maximum atomic E-state index is 12.7. The summed E-state index contributed by atoms with van der Waals surface area (Å²) < 4.78 is 5.74. The van der Waals surface area contributed by atoms with Gasteiger partial charge in [0.25, 0.3) is 0 Å². The first-order valence-corrected chi connectivity index (χ1v) is 8.61. The van der Waals surface area contributed by atoms with Crippen LogP contribution in [-0.2, 0) is 27.3 Å². The van der Waals surface area contributed by atoms with Crippen LogP contribution in [0.15, 0.2) is 24.3 Å². The summed E-state index contributed by atoms with van der Waals surface area (Å²) >= 11 is 0. The van der Waals surface area contributed by atoms with E-state index >= 15 is 0 Å². The van der Waals surface area contributed by atoms with Crippen molar-refractivity contribution in [1.82, 2.24) is 15.1 Å². The van der Waals surface area contributed by atoms with E-state index in [4.69, 9.17) is 4.74 Å². The minimum atomic E-state index is -0.377. The predicted octanol–water partition coefficient (Wildman–Crippen LogP) is 0.162. The first-order chi connectivity index (χ1) is 11.6. The normalized spacial score (nSPS) is 27.2. The Labute approximate surface area is 141 Å². The van der Waals surface area contributed by atoms with Crippen molar-refractivity contribution < 1.29 is 14.3 Å². The molecule has 0 aromatic heterocycles. The van der Waals surface area contributed by atoms with Crippen molar-refractivity contribution in [2.24, 2.45) is 0 Å². The highest BCUT2D eigenvalue weighted by atomic mass is 16.5. The summed E-state index contributed by atoms with van der Waals surface area (Å²) in [5, 5.41) is 2.85. The van der Waals surface area contributed by atoms with E-state index in [0.717, 1.165) is 25.9 Å². The van der Waals surface area contributed by atoms with Crippen molar-refractivity contribution in [3.8, 4) is 0 Å². The highest BCUT2D eigenvalue weighted by molar-refractivity contribution is 5.80. The van der Waals surface area contributed by atoms with Crippen LogP contribution in [0.2, 0.25) is 0 Å². The maximum absolute atomic E-state index is 12.7.